The van der Waals surface area contributed by atoms with E-state index in [1.54, 1.807) is 0 Å². The number of hydrogen-bond donors (Lipinski definition) is 0. The molecule has 0 atom stereocenters. The Hall–Kier alpha value is -0.950. The Morgan fingerprint density at radius 3 is 2.50 bits per heavy atom. The van der Waals surface area contributed by atoms with E-state index in [0.29, 0.717) is 12.3 Å². The molecule has 0 amide bonds. The second-order valence-corrected chi connectivity index (χ2v) is 3.97. The molecule has 1 aromatic rings. The van der Waals surface area contributed by atoms with Gasteiger partial charge in [-0.05, 0) is 6.07 Å². The van der Waals surface area contributed by atoms with Crippen LogP contribution in [0.15, 0.2) is 12.1 Å². The molecule has 0 unspecified atom stereocenters. The van der Waals surface area contributed by atoms with E-state index in [-0.39, 0.29) is 21.3 Å². The van der Waals surface area contributed by atoms with Crippen molar-refractivity contribution < 1.29 is 4.92 Å². The van der Waals surface area contributed by atoms with Crippen LogP contribution in [-0.2, 0) is 0 Å². The van der Waals surface area contributed by atoms with Crippen LogP contribution in [0.3, 0.4) is 0 Å². The lowest BCUT2D eigenvalue weighted by Gasteiger charge is -1.98. The first-order chi connectivity index (χ1) is 7.56. The number of benzene rings is 1. The van der Waals surface area contributed by atoms with Crippen molar-refractivity contribution in [3.63, 3.8) is 0 Å². The summed E-state index contributed by atoms with van der Waals surface area (Å²) >= 11 is 16.9. The van der Waals surface area contributed by atoms with E-state index >= 15 is 0 Å². The van der Waals surface area contributed by atoms with Crippen molar-refractivity contribution in [3.8, 4) is 11.8 Å². The fraction of sp³-hybridized carbons (Fsp3) is 0.200. The number of nitro groups is 1. The van der Waals surface area contributed by atoms with E-state index in [1.165, 1.54) is 12.1 Å². The van der Waals surface area contributed by atoms with Gasteiger partial charge in [0, 0.05) is 18.4 Å². The van der Waals surface area contributed by atoms with E-state index in [9.17, 15) is 10.1 Å². The van der Waals surface area contributed by atoms with Gasteiger partial charge in [-0.2, -0.15) is 0 Å². The van der Waals surface area contributed by atoms with E-state index in [0.717, 1.165) is 0 Å². The highest BCUT2D eigenvalue weighted by Crippen LogP contribution is 2.29. The lowest BCUT2D eigenvalue weighted by Crippen LogP contribution is -1.92. The molecule has 0 radical (unpaired) electrons. The average Bonchev–Trinajstić information content (AvgIpc) is 2.23. The zero-order valence-electron chi connectivity index (χ0n) is 7.97. The highest BCUT2D eigenvalue weighted by Gasteiger charge is 2.15. The zero-order valence-corrected chi connectivity index (χ0v) is 10.2. The molecule has 0 aliphatic rings. The summed E-state index contributed by atoms with van der Waals surface area (Å²) in [6.07, 6.45) is 0.457. The fourth-order valence-electron chi connectivity index (χ4n) is 0.992. The first kappa shape index (κ1) is 13.1. The SMILES string of the molecule is O=[N+]([O-])c1cc(Cl)c(Cl)cc1C#CCCCl. The second-order valence-electron chi connectivity index (χ2n) is 2.78. The van der Waals surface area contributed by atoms with Crippen molar-refractivity contribution in [1.29, 1.82) is 0 Å². The summed E-state index contributed by atoms with van der Waals surface area (Å²) in [6.45, 7) is 0. The van der Waals surface area contributed by atoms with Gasteiger partial charge in [0.2, 0.25) is 0 Å². The molecular formula is C10H6Cl3NO2. The molecule has 1 aromatic carbocycles. The van der Waals surface area contributed by atoms with E-state index in [2.05, 4.69) is 11.8 Å². The summed E-state index contributed by atoms with van der Waals surface area (Å²) in [5, 5.41) is 11.1. The highest BCUT2D eigenvalue weighted by molar-refractivity contribution is 6.42. The number of hydrogen-bond acceptors (Lipinski definition) is 2. The molecule has 6 heteroatoms. The summed E-state index contributed by atoms with van der Waals surface area (Å²) in [7, 11) is 0. The van der Waals surface area contributed by atoms with Crippen LogP contribution in [0.1, 0.15) is 12.0 Å². The molecule has 3 nitrogen and oxygen atoms in total. The predicted molar refractivity (Wildman–Crippen MR) is 65.3 cm³/mol. The van der Waals surface area contributed by atoms with Crippen LogP contribution in [0.4, 0.5) is 5.69 Å². The van der Waals surface area contributed by atoms with Gasteiger partial charge >= 0.3 is 0 Å². The van der Waals surface area contributed by atoms with Gasteiger partial charge in [0.25, 0.3) is 5.69 Å². The Balaban J connectivity index is 3.21. The van der Waals surface area contributed by atoms with Crippen molar-refractivity contribution in [1.82, 2.24) is 0 Å². The molecule has 0 fully saturated rings. The minimum Gasteiger partial charge on any atom is -0.258 e. The van der Waals surface area contributed by atoms with Gasteiger partial charge in [-0.1, -0.05) is 35.0 Å². The molecule has 0 spiro atoms. The van der Waals surface area contributed by atoms with Crippen molar-refractivity contribution in [3.05, 3.63) is 37.9 Å². The molecule has 0 aliphatic heterocycles. The van der Waals surface area contributed by atoms with Crippen LogP contribution in [0.25, 0.3) is 0 Å². The summed E-state index contributed by atoms with van der Waals surface area (Å²) in [5.41, 5.74) is 0.0842. The number of halogens is 3. The van der Waals surface area contributed by atoms with E-state index in [1.807, 2.05) is 0 Å². The number of nitrogens with zero attached hydrogens (tertiary/aromatic N) is 1. The maximum absolute atomic E-state index is 10.7. The molecule has 0 N–H and O–H groups in total. The average molecular weight is 279 g/mol. The van der Waals surface area contributed by atoms with E-state index in [4.69, 9.17) is 34.8 Å². The van der Waals surface area contributed by atoms with Crippen molar-refractivity contribution in [2.45, 2.75) is 6.42 Å². The Bertz CT molecular complexity index is 477. The molecular weight excluding hydrogens is 272 g/mol. The van der Waals surface area contributed by atoms with Crippen LogP contribution < -0.4 is 0 Å². The highest BCUT2D eigenvalue weighted by atomic mass is 35.5. The molecule has 1 rings (SSSR count). The first-order valence-electron chi connectivity index (χ1n) is 4.24. The second kappa shape index (κ2) is 5.95. The number of rotatable bonds is 2. The Morgan fingerprint density at radius 1 is 1.31 bits per heavy atom. The topological polar surface area (TPSA) is 43.1 Å². The summed E-state index contributed by atoms with van der Waals surface area (Å²) < 4.78 is 0. The molecule has 0 saturated heterocycles. The smallest absolute Gasteiger partial charge is 0.258 e. The fourth-order valence-corrected chi connectivity index (χ4v) is 1.41. The van der Waals surface area contributed by atoms with Crippen molar-refractivity contribution in [2.75, 3.05) is 5.88 Å². The Labute approximate surface area is 107 Å². The third-order valence-electron chi connectivity index (χ3n) is 1.68. The molecule has 16 heavy (non-hydrogen) atoms. The molecule has 0 aliphatic carbocycles. The molecule has 0 bridgehead atoms. The summed E-state index contributed by atoms with van der Waals surface area (Å²) in [6, 6.07) is 2.57. The minimum atomic E-state index is -0.549. The molecule has 84 valence electrons. The summed E-state index contributed by atoms with van der Waals surface area (Å²) in [4.78, 5) is 10.2. The van der Waals surface area contributed by atoms with Crippen LogP contribution >= 0.6 is 34.8 Å². The summed E-state index contributed by atoms with van der Waals surface area (Å²) in [5.74, 6) is 5.73. The van der Waals surface area contributed by atoms with Gasteiger partial charge in [0.05, 0.1) is 15.0 Å². The lowest BCUT2D eigenvalue weighted by molar-refractivity contribution is -0.385. The zero-order chi connectivity index (χ0) is 12.1. The van der Waals surface area contributed by atoms with Gasteiger partial charge in [-0.25, -0.2) is 0 Å². The Kier molecular flexibility index (Phi) is 4.88. The van der Waals surface area contributed by atoms with Gasteiger partial charge in [0.15, 0.2) is 0 Å². The van der Waals surface area contributed by atoms with Gasteiger partial charge in [-0.15, -0.1) is 11.6 Å². The minimum absolute atomic E-state index is 0.135. The largest absolute Gasteiger partial charge is 0.286 e. The first-order valence-corrected chi connectivity index (χ1v) is 5.53. The van der Waals surface area contributed by atoms with E-state index < -0.39 is 4.92 Å². The maximum Gasteiger partial charge on any atom is 0.286 e. The van der Waals surface area contributed by atoms with Crippen LogP contribution in [0.2, 0.25) is 10.0 Å². The molecule has 0 heterocycles. The molecule has 0 aromatic heterocycles. The Morgan fingerprint density at radius 2 is 1.94 bits per heavy atom. The monoisotopic (exact) mass is 277 g/mol. The number of nitro benzene ring substituents is 1. The predicted octanol–water partition coefficient (Wildman–Crippen LogP) is 3.88. The third kappa shape index (κ3) is 3.28. The molecule has 0 saturated carbocycles. The van der Waals surface area contributed by atoms with Crippen molar-refractivity contribution >= 4 is 40.5 Å². The third-order valence-corrected chi connectivity index (χ3v) is 2.59. The maximum atomic E-state index is 10.7. The number of alkyl halides is 1. The van der Waals surface area contributed by atoms with Gasteiger partial charge in [-0.3, -0.25) is 10.1 Å². The lowest BCUT2D eigenvalue weighted by atomic mass is 10.2. The quantitative estimate of drug-likeness (QED) is 0.356. The van der Waals surface area contributed by atoms with Gasteiger partial charge in [0.1, 0.15) is 5.56 Å². The standard InChI is InChI=1S/C10H6Cl3NO2/c11-4-2-1-3-7-5-8(12)9(13)6-10(7)14(15)16/h5-6H,2,4H2. The van der Waals surface area contributed by atoms with Crippen LogP contribution in [0.5, 0.6) is 0 Å². The normalized spacial score (nSPS) is 9.44. The van der Waals surface area contributed by atoms with Crippen LogP contribution in [0, 0.1) is 22.0 Å². The van der Waals surface area contributed by atoms with Gasteiger partial charge < -0.3 is 0 Å². The van der Waals surface area contributed by atoms with Crippen molar-refractivity contribution in [2.24, 2.45) is 0 Å². The van der Waals surface area contributed by atoms with Crippen LogP contribution in [-0.4, -0.2) is 10.8 Å².